The van der Waals surface area contributed by atoms with Gasteiger partial charge in [-0.25, -0.2) is 9.18 Å². The highest BCUT2D eigenvalue weighted by Crippen LogP contribution is 2.26. The van der Waals surface area contributed by atoms with Gasteiger partial charge in [-0.15, -0.1) is 10.2 Å². The number of anilines is 1. The van der Waals surface area contributed by atoms with Crippen LogP contribution >= 0.6 is 11.8 Å². The third kappa shape index (κ3) is 5.52. The lowest BCUT2D eigenvalue weighted by atomic mass is 10.1. The molecule has 34 heavy (non-hydrogen) atoms. The smallest absolute Gasteiger partial charge is 0.321 e. The van der Waals surface area contributed by atoms with E-state index in [1.165, 1.54) is 18.2 Å². The molecule has 10 nitrogen and oxygen atoms in total. The van der Waals surface area contributed by atoms with E-state index in [2.05, 4.69) is 26.1 Å². The molecule has 2 aromatic carbocycles. The van der Waals surface area contributed by atoms with Crippen LogP contribution in [0.3, 0.4) is 0 Å². The molecule has 0 bridgehead atoms. The number of imide groups is 1. The van der Waals surface area contributed by atoms with Gasteiger partial charge >= 0.3 is 6.03 Å². The molecule has 0 aliphatic carbocycles. The van der Waals surface area contributed by atoms with Crippen molar-refractivity contribution in [1.82, 2.24) is 25.4 Å². The highest BCUT2D eigenvalue weighted by Gasteiger charge is 2.27. The van der Waals surface area contributed by atoms with E-state index in [1.807, 2.05) is 6.07 Å². The number of carbonyl (C=O) groups is 3. The Balaban J connectivity index is 1.56. The van der Waals surface area contributed by atoms with Crippen molar-refractivity contribution >= 4 is 35.3 Å². The SMILES string of the molecule is COc1cccc(-n2c(CC3CC(=O)NC(=O)N3)nnc2SCC(=O)Nc2ccccc2F)c1. The maximum Gasteiger partial charge on any atom is 0.321 e. The Morgan fingerprint density at radius 3 is 2.82 bits per heavy atom. The van der Waals surface area contributed by atoms with Crippen LogP contribution < -0.4 is 20.7 Å². The summed E-state index contributed by atoms with van der Waals surface area (Å²) in [6.07, 6.45) is 0.343. The number of nitrogens with zero attached hydrogens (tertiary/aromatic N) is 3. The number of hydrogen-bond donors (Lipinski definition) is 3. The van der Waals surface area contributed by atoms with Crippen LogP contribution in [0.1, 0.15) is 12.2 Å². The number of benzene rings is 2. The van der Waals surface area contributed by atoms with E-state index < -0.39 is 23.8 Å². The summed E-state index contributed by atoms with van der Waals surface area (Å²) in [6.45, 7) is 0. The van der Waals surface area contributed by atoms with Crippen molar-refractivity contribution in [3.05, 3.63) is 60.2 Å². The first-order valence-electron chi connectivity index (χ1n) is 10.3. The zero-order valence-electron chi connectivity index (χ0n) is 18.1. The van der Waals surface area contributed by atoms with Crippen molar-refractivity contribution in [2.24, 2.45) is 0 Å². The fourth-order valence-corrected chi connectivity index (χ4v) is 4.20. The topological polar surface area (TPSA) is 127 Å². The minimum absolute atomic E-state index is 0.0427. The number of para-hydroxylation sites is 1. The molecule has 1 unspecified atom stereocenters. The lowest BCUT2D eigenvalue weighted by Gasteiger charge is -2.23. The molecule has 3 aromatic rings. The maximum atomic E-state index is 13.8. The number of methoxy groups -OCH3 is 1. The van der Waals surface area contributed by atoms with Gasteiger partial charge < -0.3 is 15.4 Å². The number of hydrogen-bond acceptors (Lipinski definition) is 7. The Morgan fingerprint density at radius 1 is 1.24 bits per heavy atom. The highest BCUT2D eigenvalue weighted by atomic mass is 32.2. The quantitative estimate of drug-likeness (QED) is 0.419. The summed E-state index contributed by atoms with van der Waals surface area (Å²) < 4.78 is 20.9. The Labute approximate surface area is 198 Å². The van der Waals surface area contributed by atoms with E-state index in [1.54, 1.807) is 35.9 Å². The van der Waals surface area contributed by atoms with Crippen LogP contribution in [0.15, 0.2) is 53.7 Å². The van der Waals surface area contributed by atoms with Crippen LogP contribution in [0.5, 0.6) is 5.75 Å². The largest absolute Gasteiger partial charge is 0.497 e. The van der Waals surface area contributed by atoms with Gasteiger partial charge in [-0.3, -0.25) is 19.5 Å². The Bertz CT molecular complexity index is 1220. The summed E-state index contributed by atoms with van der Waals surface area (Å²) in [6, 6.07) is 12.1. The number of carbonyl (C=O) groups excluding carboxylic acids is 3. The van der Waals surface area contributed by atoms with Gasteiger partial charge in [0.15, 0.2) is 5.16 Å². The summed E-state index contributed by atoms with van der Waals surface area (Å²) >= 11 is 1.12. The fraction of sp³-hybridized carbons (Fsp3) is 0.227. The summed E-state index contributed by atoms with van der Waals surface area (Å²) in [7, 11) is 1.55. The average molecular weight is 485 g/mol. The maximum absolute atomic E-state index is 13.8. The minimum atomic E-state index is -0.562. The van der Waals surface area contributed by atoms with Gasteiger partial charge in [0, 0.05) is 24.9 Å². The van der Waals surface area contributed by atoms with Crippen molar-refractivity contribution in [3.8, 4) is 11.4 Å². The standard InChI is InChI=1S/C22H21FN6O4S/c1-33-15-6-4-5-14(11-15)29-18(9-13-10-19(30)26-21(32)24-13)27-28-22(29)34-12-20(31)25-17-8-3-2-7-16(17)23/h2-8,11,13H,9-10,12H2,1H3,(H,25,31)(H2,24,26,30,32). The van der Waals surface area contributed by atoms with Crippen LogP contribution in [-0.4, -0.2) is 51.5 Å². The van der Waals surface area contributed by atoms with Crippen molar-refractivity contribution in [1.29, 1.82) is 0 Å². The zero-order chi connectivity index (χ0) is 24.1. The molecular weight excluding hydrogens is 463 g/mol. The molecule has 0 spiro atoms. The second-order valence-corrected chi connectivity index (χ2v) is 8.32. The van der Waals surface area contributed by atoms with Crippen LogP contribution in [0, 0.1) is 5.82 Å². The summed E-state index contributed by atoms with van der Waals surface area (Å²) in [5.41, 5.74) is 0.775. The monoisotopic (exact) mass is 484 g/mol. The van der Waals surface area contributed by atoms with Crippen molar-refractivity contribution in [3.63, 3.8) is 0 Å². The summed E-state index contributed by atoms with van der Waals surface area (Å²) in [5.74, 6) is -0.255. The van der Waals surface area contributed by atoms with Crippen molar-refractivity contribution in [2.45, 2.75) is 24.0 Å². The van der Waals surface area contributed by atoms with Crippen LogP contribution in [0.4, 0.5) is 14.9 Å². The predicted molar refractivity (Wildman–Crippen MR) is 122 cm³/mol. The number of halogens is 1. The van der Waals surface area contributed by atoms with E-state index >= 15 is 0 Å². The fourth-order valence-electron chi connectivity index (χ4n) is 3.43. The molecule has 4 rings (SSSR count). The molecule has 0 saturated carbocycles. The van der Waals surface area contributed by atoms with E-state index in [9.17, 15) is 18.8 Å². The van der Waals surface area contributed by atoms with E-state index in [4.69, 9.17) is 4.74 Å². The van der Waals surface area contributed by atoms with Crippen LogP contribution in [0.25, 0.3) is 5.69 Å². The molecule has 176 valence electrons. The van der Waals surface area contributed by atoms with Gasteiger partial charge in [0.2, 0.25) is 11.8 Å². The Morgan fingerprint density at radius 2 is 2.06 bits per heavy atom. The van der Waals surface area contributed by atoms with Gasteiger partial charge in [0.05, 0.1) is 24.2 Å². The third-order valence-electron chi connectivity index (χ3n) is 4.94. The molecule has 2 heterocycles. The first-order chi connectivity index (χ1) is 16.4. The van der Waals surface area contributed by atoms with Gasteiger partial charge in [-0.1, -0.05) is 30.0 Å². The molecule has 0 radical (unpaired) electrons. The number of nitrogens with one attached hydrogen (secondary N) is 3. The minimum Gasteiger partial charge on any atom is -0.497 e. The van der Waals surface area contributed by atoms with E-state index in [0.29, 0.717) is 22.4 Å². The van der Waals surface area contributed by atoms with Crippen molar-refractivity contribution < 1.29 is 23.5 Å². The second kappa shape index (κ2) is 10.3. The van der Waals surface area contributed by atoms with E-state index in [0.717, 1.165) is 11.8 Å². The van der Waals surface area contributed by atoms with Gasteiger partial charge in [0.25, 0.3) is 0 Å². The average Bonchev–Trinajstić information content (AvgIpc) is 3.21. The number of rotatable bonds is 8. The van der Waals surface area contributed by atoms with Crippen molar-refractivity contribution in [2.75, 3.05) is 18.2 Å². The molecule has 4 amide bonds. The van der Waals surface area contributed by atoms with Crippen LogP contribution in [0.2, 0.25) is 0 Å². The zero-order valence-corrected chi connectivity index (χ0v) is 18.9. The van der Waals surface area contributed by atoms with E-state index in [-0.39, 0.29) is 30.2 Å². The predicted octanol–water partition coefficient (Wildman–Crippen LogP) is 2.29. The molecule has 12 heteroatoms. The number of amides is 4. The van der Waals surface area contributed by atoms with Crippen LogP contribution in [-0.2, 0) is 16.0 Å². The number of aromatic nitrogens is 3. The number of thioether (sulfide) groups is 1. The molecular formula is C22H21FN6O4S. The lowest BCUT2D eigenvalue weighted by Crippen LogP contribution is -2.53. The second-order valence-electron chi connectivity index (χ2n) is 7.38. The van der Waals surface area contributed by atoms with Gasteiger partial charge in [-0.05, 0) is 24.3 Å². The molecule has 1 saturated heterocycles. The molecule has 3 N–H and O–H groups in total. The molecule has 1 atom stereocenters. The first kappa shape index (κ1) is 23.2. The highest BCUT2D eigenvalue weighted by molar-refractivity contribution is 7.99. The van der Waals surface area contributed by atoms with Gasteiger partial charge in [-0.2, -0.15) is 0 Å². The third-order valence-corrected chi connectivity index (χ3v) is 5.87. The molecule has 1 aliphatic heterocycles. The number of urea groups is 1. The number of ether oxygens (including phenoxy) is 1. The molecule has 1 aromatic heterocycles. The molecule has 1 aliphatic rings. The lowest BCUT2D eigenvalue weighted by molar-refractivity contribution is -0.121. The summed E-state index contributed by atoms with van der Waals surface area (Å²) in [4.78, 5) is 35.9. The Hall–Kier alpha value is -3.93. The normalized spacial score (nSPS) is 15.4. The van der Waals surface area contributed by atoms with Gasteiger partial charge in [0.1, 0.15) is 17.4 Å². The molecule has 1 fully saturated rings. The summed E-state index contributed by atoms with van der Waals surface area (Å²) in [5, 5.41) is 16.3. The first-order valence-corrected chi connectivity index (χ1v) is 11.3. The Kier molecular flexibility index (Phi) is 7.07.